The first-order valence-electron chi connectivity index (χ1n) is 8.19. The molecule has 3 rings (SSSR count). The summed E-state index contributed by atoms with van der Waals surface area (Å²) in [4.78, 5) is 23.8. The second-order valence-corrected chi connectivity index (χ2v) is 5.94. The quantitative estimate of drug-likeness (QED) is 0.700. The van der Waals surface area contributed by atoms with Gasteiger partial charge in [0.25, 0.3) is 5.91 Å². The Hall–Kier alpha value is -3.34. The van der Waals surface area contributed by atoms with Crippen molar-refractivity contribution in [1.82, 2.24) is 0 Å². The van der Waals surface area contributed by atoms with Crippen LogP contribution >= 0.6 is 0 Å². The number of esters is 1. The summed E-state index contributed by atoms with van der Waals surface area (Å²) in [6, 6.07) is 18.4. The van der Waals surface area contributed by atoms with Gasteiger partial charge in [-0.2, -0.15) is 0 Å². The monoisotopic (exact) mass is 349 g/mol. The van der Waals surface area contributed by atoms with Crippen molar-refractivity contribution in [2.75, 3.05) is 12.4 Å². The molecule has 0 saturated heterocycles. The number of hydrogen-bond acceptors (Lipinski definition) is 4. The SMILES string of the molecule is COC(=O)Cc1cccc(NC(=O)c2ccc(-c3cccc(C)c3)o2)c1. The molecule has 1 N–H and O–H groups in total. The maximum atomic E-state index is 12.4. The predicted octanol–water partition coefficient (Wildman–Crippen LogP) is 4.22. The minimum absolute atomic E-state index is 0.151. The Balaban J connectivity index is 1.73. The van der Waals surface area contributed by atoms with Gasteiger partial charge in [0.15, 0.2) is 5.76 Å². The fourth-order valence-electron chi connectivity index (χ4n) is 2.60. The zero-order valence-electron chi connectivity index (χ0n) is 14.6. The van der Waals surface area contributed by atoms with Crippen LogP contribution in [0, 0.1) is 6.92 Å². The molecule has 0 unspecified atom stereocenters. The lowest BCUT2D eigenvalue weighted by atomic mass is 10.1. The van der Waals surface area contributed by atoms with Crippen LogP contribution in [-0.2, 0) is 16.0 Å². The first kappa shape index (κ1) is 17.5. The normalized spacial score (nSPS) is 10.4. The predicted molar refractivity (Wildman–Crippen MR) is 99.0 cm³/mol. The first-order chi connectivity index (χ1) is 12.5. The van der Waals surface area contributed by atoms with Gasteiger partial charge in [0, 0.05) is 11.3 Å². The fraction of sp³-hybridized carbons (Fsp3) is 0.143. The first-order valence-corrected chi connectivity index (χ1v) is 8.19. The summed E-state index contributed by atoms with van der Waals surface area (Å²) in [5, 5.41) is 2.78. The zero-order valence-corrected chi connectivity index (χ0v) is 14.6. The lowest BCUT2D eigenvalue weighted by Crippen LogP contribution is -2.11. The largest absolute Gasteiger partial charge is 0.469 e. The number of ether oxygens (including phenoxy) is 1. The Morgan fingerprint density at radius 3 is 2.62 bits per heavy atom. The van der Waals surface area contributed by atoms with Crippen molar-refractivity contribution in [3.8, 4) is 11.3 Å². The van der Waals surface area contributed by atoms with E-state index in [0.29, 0.717) is 11.4 Å². The van der Waals surface area contributed by atoms with Crippen molar-refractivity contribution in [3.05, 3.63) is 77.6 Å². The number of carbonyl (C=O) groups is 2. The van der Waals surface area contributed by atoms with E-state index in [4.69, 9.17) is 4.42 Å². The Morgan fingerprint density at radius 2 is 1.85 bits per heavy atom. The number of nitrogens with one attached hydrogen (secondary N) is 1. The molecule has 5 nitrogen and oxygen atoms in total. The number of aryl methyl sites for hydroxylation is 1. The zero-order chi connectivity index (χ0) is 18.5. The van der Waals surface area contributed by atoms with Gasteiger partial charge < -0.3 is 14.5 Å². The van der Waals surface area contributed by atoms with Crippen molar-refractivity contribution >= 4 is 17.6 Å². The van der Waals surface area contributed by atoms with E-state index in [9.17, 15) is 9.59 Å². The van der Waals surface area contributed by atoms with Gasteiger partial charge in [-0.25, -0.2) is 0 Å². The summed E-state index contributed by atoms with van der Waals surface area (Å²) in [6.45, 7) is 2.00. The molecule has 1 aromatic heterocycles. The molecule has 3 aromatic rings. The second kappa shape index (κ2) is 7.70. The van der Waals surface area contributed by atoms with Gasteiger partial charge in [0.05, 0.1) is 13.5 Å². The number of anilines is 1. The molecule has 132 valence electrons. The number of furan rings is 1. The van der Waals surface area contributed by atoms with Crippen LogP contribution in [0.4, 0.5) is 5.69 Å². The highest BCUT2D eigenvalue weighted by molar-refractivity contribution is 6.02. The van der Waals surface area contributed by atoms with Crippen LogP contribution in [0.3, 0.4) is 0 Å². The minimum Gasteiger partial charge on any atom is -0.469 e. The summed E-state index contributed by atoms with van der Waals surface area (Å²) >= 11 is 0. The van der Waals surface area contributed by atoms with E-state index in [1.54, 1.807) is 36.4 Å². The Kier molecular flexibility index (Phi) is 5.17. The third kappa shape index (κ3) is 4.19. The molecule has 0 aliphatic carbocycles. The molecular formula is C21H19NO4. The average Bonchev–Trinajstić information content (AvgIpc) is 3.12. The lowest BCUT2D eigenvalue weighted by Gasteiger charge is -2.06. The number of hydrogen-bond donors (Lipinski definition) is 1. The van der Waals surface area contributed by atoms with E-state index >= 15 is 0 Å². The Morgan fingerprint density at radius 1 is 1.04 bits per heavy atom. The third-order valence-electron chi connectivity index (χ3n) is 3.89. The molecule has 0 atom stereocenters. The van der Waals surface area contributed by atoms with E-state index < -0.39 is 0 Å². The number of amides is 1. The smallest absolute Gasteiger partial charge is 0.309 e. The summed E-state index contributed by atoms with van der Waals surface area (Å²) in [6.07, 6.45) is 0.151. The van der Waals surface area contributed by atoms with E-state index in [2.05, 4.69) is 10.1 Å². The molecule has 0 saturated carbocycles. The van der Waals surface area contributed by atoms with Crippen LogP contribution < -0.4 is 5.32 Å². The van der Waals surface area contributed by atoms with Crippen LogP contribution in [0.2, 0.25) is 0 Å². The topological polar surface area (TPSA) is 68.5 Å². The Labute approximate surface area is 151 Å². The Bertz CT molecular complexity index is 942. The molecule has 0 aliphatic heterocycles. The number of rotatable bonds is 5. The number of carbonyl (C=O) groups excluding carboxylic acids is 2. The van der Waals surface area contributed by atoms with E-state index in [1.807, 2.05) is 31.2 Å². The van der Waals surface area contributed by atoms with Gasteiger partial charge in [-0.1, -0.05) is 35.9 Å². The van der Waals surface area contributed by atoms with E-state index in [-0.39, 0.29) is 24.1 Å². The van der Waals surface area contributed by atoms with Crippen LogP contribution in [0.15, 0.2) is 65.1 Å². The molecule has 0 radical (unpaired) electrons. The highest BCUT2D eigenvalue weighted by Gasteiger charge is 2.13. The number of benzene rings is 2. The summed E-state index contributed by atoms with van der Waals surface area (Å²) in [5.74, 6) is 0.180. The number of methoxy groups -OCH3 is 1. The molecule has 5 heteroatoms. The summed E-state index contributed by atoms with van der Waals surface area (Å²) < 4.78 is 10.3. The fourth-order valence-corrected chi connectivity index (χ4v) is 2.60. The molecule has 0 fully saturated rings. The minimum atomic E-state index is -0.348. The third-order valence-corrected chi connectivity index (χ3v) is 3.89. The highest BCUT2D eigenvalue weighted by Crippen LogP contribution is 2.23. The summed E-state index contributed by atoms with van der Waals surface area (Å²) in [7, 11) is 1.34. The van der Waals surface area contributed by atoms with Crippen molar-refractivity contribution in [2.45, 2.75) is 13.3 Å². The standard InChI is InChI=1S/C21H19NO4/c1-14-5-3-7-16(11-14)18-9-10-19(26-18)21(24)22-17-8-4-6-15(12-17)13-20(23)25-2/h3-12H,13H2,1-2H3,(H,22,24). The average molecular weight is 349 g/mol. The van der Waals surface area contributed by atoms with Crippen LogP contribution in [0.5, 0.6) is 0 Å². The maximum Gasteiger partial charge on any atom is 0.309 e. The van der Waals surface area contributed by atoms with Gasteiger partial charge >= 0.3 is 5.97 Å². The van der Waals surface area contributed by atoms with Gasteiger partial charge in [-0.3, -0.25) is 9.59 Å². The maximum absolute atomic E-state index is 12.4. The van der Waals surface area contributed by atoms with E-state index in [0.717, 1.165) is 16.7 Å². The molecule has 0 aliphatic rings. The molecule has 1 heterocycles. The lowest BCUT2D eigenvalue weighted by molar-refractivity contribution is -0.139. The molecular weight excluding hydrogens is 330 g/mol. The highest BCUT2D eigenvalue weighted by atomic mass is 16.5. The van der Waals surface area contributed by atoms with Crippen molar-refractivity contribution in [1.29, 1.82) is 0 Å². The van der Waals surface area contributed by atoms with Crippen LogP contribution in [-0.4, -0.2) is 19.0 Å². The molecule has 1 amide bonds. The molecule has 0 bridgehead atoms. The van der Waals surface area contributed by atoms with Crippen molar-refractivity contribution in [2.24, 2.45) is 0 Å². The van der Waals surface area contributed by atoms with Gasteiger partial charge in [0.1, 0.15) is 5.76 Å². The molecule has 26 heavy (non-hydrogen) atoms. The van der Waals surface area contributed by atoms with Crippen LogP contribution in [0.25, 0.3) is 11.3 Å². The molecule has 2 aromatic carbocycles. The van der Waals surface area contributed by atoms with Crippen molar-refractivity contribution < 1.29 is 18.7 Å². The van der Waals surface area contributed by atoms with Gasteiger partial charge in [0.2, 0.25) is 0 Å². The summed E-state index contributed by atoms with van der Waals surface area (Å²) in [5.41, 5.74) is 3.39. The van der Waals surface area contributed by atoms with Gasteiger partial charge in [-0.15, -0.1) is 0 Å². The van der Waals surface area contributed by atoms with E-state index in [1.165, 1.54) is 7.11 Å². The molecule has 0 spiro atoms. The van der Waals surface area contributed by atoms with Crippen molar-refractivity contribution in [3.63, 3.8) is 0 Å². The van der Waals surface area contributed by atoms with Crippen LogP contribution in [0.1, 0.15) is 21.7 Å². The van der Waals surface area contributed by atoms with Gasteiger partial charge in [-0.05, 0) is 42.8 Å². The second-order valence-electron chi connectivity index (χ2n) is 5.94.